The van der Waals surface area contributed by atoms with Crippen molar-refractivity contribution in [2.24, 2.45) is 5.92 Å². The van der Waals surface area contributed by atoms with Crippen molar-refractivity contribution < 1.29 is 27.1 Å². The second-order valence-corrected chi connectivity index (χ2v) is 5.56. The quantitative estimate of drug-likeness (QED) is 0.772. The van der Waals surface area contributed by atoms with E-state index in [1.165, 1.54) is 18.2 Å². The molecule has 1 atom stereocenters. The molecule has 1 aromatic rings. The summed E-state index contributed by atoms with van der Waals surface area (Å²) in [6, 6.07) is 5.77. The lowest BCUT2D eigenvalue weighted by atomic mass is 9.95. The van der Waals surface area contributed by atoms with Gasteiger partial charge in [-0.2, -0.15) is 18.4 Å². The molecule has 0 spiro atoms. The average Bonchev–Trinajstić information content (AvgIpc) is 2.52. The minimum atomic E-state index is -4.38. The lowest BCUT2D eigenvalue weighted by Gasteiger charge is -2.30. The van der Waals surface area contributed by atoms with E-state index in [2.05, 4.69) is 0 Å². The first-order valence-electron chi connectivity index (χ1n) is 7.44. The number of carbonyl (C=O) groups excluding carboxylic acids is 1. The topological polar surface area (TPSA) is 53.3 Å². The van der Waals surface area contributed by atoms with E-state index in [4.69, 9.17) is 10.00 Å². The summed E-state index contributed by atoms with van der Waals surface area (Å²) in [5, 5.41) is 8.62. The molecule has 1 aliphatic rings. The summed E-state index contributed by atoms with van der Waals surface area (Å²) in [7, 11) is 0. The van der Waals surface area contributed by atoms with Crippen molar-refractivity contribution in [2.75, 3.05) is 19.7 Å². The van der Waals surface area contributed by atoms with E-state index < -0.39 is 36.8 Å². The highest BCUT2D eigenvalue weighted by Crippen LogP contribution is 2.29. The molecule has 0 radical (unpaired) electrons. The van der Waals surface area contributed by atoms with Gasteiger partial charge in [0.25, 0.3) is 0 Å². The SMILES string of the molecule is N#CCCN(CCC(F)(F)F)C(=O)C1COc2ccc(F)cc2C1. The number of hydrogen-bond acceptors (Lipinski definition) is 3. The lowest BCUT2D eigenvalue weighted by molar-refractivity contribution is -0.148. The van der Waals surface area contributed by atoms with Gasteiger partial charge in [0.05, 0.1) is 24.8 Å². The fourth-order valence-electron chi connectivity index (χ4n) is 2.56. The van der Waals surface area contributed by atoms with Crippen molar-refractivity contribution >= 4 is 5.91 Å². The molecule has 2 rings (SSSR count). The zero-order valence-corrected chi connectivity index (χ0v) is 12.8. The number of alkyl halides is 3. The maximum Gasteiger partial charge on any atom is 0.390 e. The summed E-state index contributed by atoms with van der Waals surface area (Å²) < 4.78 is 55.9. The Balaban J connectivity index is 2.07. The number of rotatable bonds is 5. The van der Waals surface area contributed by atoms with Gasteiger partial charge in [-0.1, -0.05) is 0 Å². The van der Waals surface area contributed by atoms with Gasteiger partial charge in [0.1, 0.15) is 18.2 Å². The van der Waals surface area contributed by atoms with Crippen LogP contribution in [0.5, 0.6) is 5.75 Å². The summed E-state index contributed by atoms with van der Waals surface area (Å²) in [4.78, 5) is 13.5. The number of nitriles is 1. The molecule has 0 aromatic heterocycles. The van der Waals surface area contributed by atoms with Crippen LogP contribution in [0.25, 0.3) is 0 Å². The van der Waals surface area contributed by atoms with Gasteiger partial charge in [-0.15, -0.1) is 0 Å². The first-order valence-corrected chi connectivity index (χ1v) is 7.44. The van der Waals surface area contributed by atoms with Crippen LogP contribution in [0, 0.1) is 23.1 Å². The zero-order chi connectivity index (χ0) is 17.7. The molecule has 1 unspecified atom stereocenters. The third-order valence-corrected chi connectivity index (χ3v) is 3.75. The summed E-state index contributed by atoms with van der Waals surface area (Å²) in [6.07, 6.45) is -5.38. The predicted octanol–water partition coefficient (Wildman–Crippen LogP) is 3.07. The minimum Gasteiger partial charge on any atom is -0.492 e. The molecule has 0 N–H and O–H groups in total. The van der Waals surface area contributed by atoms with Gasteiger partial charge in [0, 0.05) is 13.1 Å². The van der Waals surface area contributed by atoms with E-state index in [1.54, 1.807) is 0 Å². The van der Waals surface area contributed by atoms with Crippen molar-refractivity contribution in [3.8, 4) is 11.8 Å². The minimum absolute atomic E-state index is 0.0204. The predicted molar refractivity (Wildman–Crippen MR) is 76.6 cm³/mol. The smallest absolute Gasteiger partial charge is 0.390 e. The Kier molecular flexibility index (Phi) is 5.65. The number of carbonyl (C=O) groups is 1. The molecule has 1 aromatic carbocycles. The van der Waals surface area contributed by atoms with Crippen LogP contribution in [0.15, 0.2) is 18.2 Å². The van der Waals surface area contributed by atoms with Crippen LogP contribution >= 0.6 is 0 Å². The van der Waals surface area contributed by atoms with Crippen LogP contribution in [-0.2, 0) is 11.2 Å². The maximum atomic E-state index is 13.3. The number of benzene rings is 1. The van der Waals surface area contributed by atoms with E-state index in [9.17, 15) is 22.4 Å². The Hall–Kier alpha value is -2.30. The number of nitrogens with zero attached hydrogens (tertiary/aromatic N) is 2. The molecule has 1 amide bonds. The van der Waals surface area contributed by atoms with Crippen molar-refractivity contribution in [2.45, 2.75) is 25.4 Å². The van der Waals surface area contributed by atoms with Crippen LogP contribution in [0.3, 0.4) is 0 Å². The Labute approximate surface area is 136 Å². The molecule has 24 heavy (non-hydrogen) atoms. The number of fused-ring (bicyclic) bond motifs is 1. The van der Waals surface area contributed by atoms with Crippen LogP contribution in [0.2, 0.25) is 0 Å². The highest BCUT2D eigenvalue weighted by Gasteiger charge is 2.33. The number of amides is 1. The normalized spacial score (nSPS) is 16.7. The third-order valence-electron chi connectivity index (χ3n) is 3.75. The van der Waals surface area contributed by atoms with Gasteiger partial charge in [0.15, 0.2) is 0 Å². The van der Waals surface area contributed by atoms with Crippen molar-refractivity contribution in [1.82, 2.24) is 4.90 Å². The Morgan fingerprint density at radius 3 is 2.79 bits per heavy atom. The molecule has 0 fully saturated rings. The van der Waals surface area contributed by atoms with Crippen LogP contribution in [0.1, 0.15) is 18.4 Å². The summed E-state index contributed by atoms with van der Waals surface area (Å²) >= 11 is 0. The average molecular weight is 344 g/mol. The van der Waals surface area contributed by atoms with Gasteiger partial charge in [-0.25, -0.2) is 4.39 Å². The largest absolute Gasteiger partial charge is 0.492 e. The van der Waals surface area contributed by atoms with E-state index >= 15 is 0 Å². The molecule has 0 saturated carbocycles. The van der Waals surface area contributed by atoms with Crippen LogP contribution in [0.4, 0.5) is 17.6 Å². The second-order valence-electron chi connectivity index (χ2n) is 5.56. The van der Waals surface area contributed by atoms with Gasteiger partial charge in [-0.3, -0.25) is 4.79 Å². The number of halogens is 4. The summed E-state index contributed by atoms with van der Waals surface area (Å²) in [6.45, 7) is -0.555. The van der Waals surface area contributed by atoms with Crippen LogP contribution < -0.4 is 4.74 Å². The van der Waals surface area contributed by atoms with Crippen molar-refractivity contribution in [3.63, 3.8) is 0 Å². The van der Waals surface area contributed by atoms with Crippen molar-refractivity contribution in [3.05, 3.63) is 29.6 Å². The van der Waals surface area contributed by atoms with Gasteiger partial charge < -0.3 is 9.64 Å². The van der Waals surface area contributed by atoms with E-state index in [0.717, 1.165) is 4.90 Å². The molecule has 1 aliphatic heterocycles. The fourth-order valence-corrected chi connectivity index (χ4v) is 2.56. The molecule has 130 valence electrons. The highest BCUT2D eigenvalue weighted by molar-refractivity contribution is 5.79. The lowest BCUT2D eigenvalue weighted by Crippen LogP contribution is -2.42. The highest BCUT2D eigenvalue weighted by atomic mass is 19.4. The van der Waals surface area contributed by atoms with E-state index in [-0.39, 0.29) is 26.0 Å². The molecule has 0 aliphatic carbocycles. The summed E-state index contributed by atoms with van der Waals surface area (Å²) in [5.74, 6) is -1.20. The standard InChI is InChI=1S/C16H16F4N2O2/c17-13-2-3-14-11(9-13)8-12(10-24-14)15(23)22(6-1-5-21)7-4-16(18,19)20/h2-3,9,12H,1,4,6-8,10H2. The molecule has 4 nitrogen and oxygen atoms in total. The molecule has 1 heterocycles. The number of hydrogen-bond donors (Lipinski definition) is 0. The van der Waals surface area contributed by atoms with Gasteiger partial charge in [0.2, 0.25) is 5.91 Å². The maximum absolute atomic E-state index is 13.3. The molecule has 8 heteroatoms. The molecule has 0 bridgehead atoms. The van der Waals surface area contributed by atoms with Crippen LogP contribution in [-0.4, -0.2) is 36.7 Å². The number of ether oxygens (including phenoxy) is 1. The van der Waals surface area contributed by atoms with Gasteiger partial charge >= 0.3 is 6.18 Å². The third kappa shape index (κ3) is 4.85. The summed E-state index contributed by atoms with van der Waals surface area (Å²) in [5.41, 5.74) is 0.510. The zero-order valence-electron chi connectivity index (χ0n) is 12.8. The Bertz CT molecular complexity index is 640. The van der Waals surface area contributed by atoms with Crippen molar-refractivity contribution in [1.29, 1.82) is 5.26 Å². The Morgan fingerprint density at radius 2 is 2.12 bits per heavy atom. The molecular formula is C16H16F4N2O2. The van der Waals surface area contributed by atoms with Gasteiger partial charge in [-0.05, 0) is 30.2 Å². The Morgan fingerprint density at radius 1 is 1.38 bits per heavy atom. The monoisotopic (exact) mass is 344 g/mol. The first kappa shape index (κ1) is 18.0. The van der Waals surface area contributed by atoms with E-state index in [1.807, 2.05) is 6.07 Å². The first-order chi connectivity index (χ1) is 11.3. The second kappa shape index (κ2) is 7.51. The van der Waals surface area contributed by atoms with E-state index in [0.29, 0.717) is 11.3 Å². The fraction of sp³-hybridized carbons (Fsp3) is 0.500. The molecule has 0 saturated heterocycles. The molecular weight excluding hydrogens is 328 g/mol.